The molecule has 0 saturated heterocycles. The van der Waals surface area contributed by atoms with Crippen LogP contribution in [0.15, 0.2) is 42.6 Å². The Morgan fingerprint density at radius 2 is 1.65 bits per heavy atom. The lowest BCUT2D eigenvalue weighted by Gasteiger charge is -2.10. The molecule has 122 valence electrons. The molecule has 0 spiro atoms. The van der Waals surface area contributed by atoms with Gasteiger partial charge < -0.3 is 10.6 Å². The molecule has 2 aromatic rings. The van der Waals surface area contributed by atoms with Crippen LogP contribution in [0.3, 0.4) is 0 Å². The van der Waals surface area contributed by atoms with E-state index < -0.39 is 11.7 Å². The number of carbonyl (C=O) groups excluding carboxylic acids is 1. The van der Waals surface area contributed by atoms with Crippen LogP contribution < -0.4 is 10.6 Å². The molecule has 0 unspecified atom stereocenters. The first-order valence-electron chi connectivity index (χ1n) is 6.97. The number of aromatic nitrogens is 1. The number of halogens is 3. The lowest BCUT2D eigenvalue weighted by Crippen LogP contribution is -2.17. The first-order valence-corrected chi connectivity index (χ1v) is 6.97. The van der Waals surface area contributed by atoms with Gasteiger partial charge in [-0.15, -0.1) is 0 Å². The van der Waals surface area contributed by atoms with Crippen molar-refractivity contribution in [2.45, 2.75) is 20.0 Å². The van der Waals surface area contributed by atoms with Gasteiger partial charge in [-0.05, 0) is 36.4 Å². The fourth-order valence-corrected chi connectivity index (χ4v) is 1.72. The van der Waals surface area contributed by atoms with Crippen LogP contribution in [0.5, 0.6) is 0 Å². The monoisotopic (exact) mass is 323 g/mol. The number of hydrogen-bond acceptors (Lipinski definition) is 3. The number of benzene rings is 1. The molecule has 4 nitrogen and oxygen atoms in total. The van der Waals surface area contributed by atoms with Crippen LogP contribution in [-0.2, 0) is 11.0 Å². The Balaban J connectivity index is 2.02. The van der Waals surface area contributed by atoms with E-state index in [4.69, 9.17) is 0 Å². The summed E-state index contributed by atoms with van der Waals surface area (Å²) in [6.07, 6.45) is -2.88. The highest BCUT2D eigenvalue weighted by Gasteiger charge is 2.29. The fourth-order valence-electron chi connectivity index (χ4n) is 1.72. The first-order chi connectivity index (χ1) is 10.8. The van der Waals surface area contributed by atoms with Crippen molar-refractivity contribution in [3.8, 4) is 0 Å². The van der Waals surface area contributed by atoms with Crippen molar-refractivity contribution < 1.29 is 18.0 Å². The van der Waals surface area contributed by atoms with E-state index in [2.05, 4.69) is 15.6 Å². The molecule has 0 bridgehead atoms. The van der Waals surface area contributed by atoms with Crippen LogP contribution in [0.2, 0.25) is 0 Å². The third-order valence-electron chi connectivity index (χ3n) is 3.04. The van der Waals surface area contributed by atoms with Crippen molar-refractivity contribution in [1.82, 2.24) is 4.98 Å². The second-order valence-corrected chi connectivity index (χ2v) is 5.28. The Kier molecular flexibility index (Phi) is 4.88. The summed E-state index contributed by atoms with van der Waals surface area (Å²) in [5.41, 5.74) is 0.342. The van der Waals surface area contributed by atoms with Crippen LogP contribution in [-0.4, -0.2) is 10.9 Å². The molecule has 0 aliphatic carbocycles. The standard InChI is InChI=1S/C16H16F3N3O/c1-10(2)15(23)22-13-7-8-14(20-9-13)21-12-5-3-11(4-6-12)16(17,18)19/h3-10H,1-2H3,(H,20,21)(H,22,23). The van der Waals surface area contributed by atoms with E-state index >= 15 is 0 Å². The zero-order chi connectivity index (χ0) is 17.0. The van der Waals surface area contributed by atoms with Gasteiger partial charge in [-0.1, -0.05) is 13.8 Å². The molecule has 0 fully saturated rings. The molecule has 2 rings (SSSR count). The largest absolute Gasteiger partial charge is 0.416 e. The number of anilines is 3. The van der Waals surface area contributed by atoms with Gasteiger partial charge in [0.1, 0.15) is 5.82 Å². The molecule has 1 aromatic carbocycles. The minimum Gasteiger partial charge on any atom is -0.340 e. The second kappa shape index (κ2) is 6.68. The number of rotatable bonds is 4. The Hall–Kier alpha value is -2.57. The fraction of sp³-hybridized carbons (Fsp3) is 0.250. The molecule has 1 heterocycles. The van der Waals surface area contributed by atoms with Gasteiger partial charge in [-0.25, -0.2) is 4.98 Å². The molecule has 0 radical (unpaired) electrons. The van der Waals surface area contributed by atoms with Gasteiger partial charge in [-0.2, -0.15) is 13.2 Å². The number of nitrogens with zero attached hydrogens (tertiary/aromatic N) is 1. The topological polar surface area (TPSA) is 54.0 Å². The van der Waals surface area contributed by atoms with Crippen molar-refractivity contribution in [2.24, 2.45) is 5.92 Å². The van der Waals surface area contributed by atoms with Crippen LogP contribution in [0.1, 0.15) is 19.4 Å². The average molecular weight is 323 g/mol. The second-order valence-electron chi connectivity index (χ2n) is 5.28. The SMILES string of the molecule is CC(C)C(=O)Nc1ccc(Nc2ccc(C(F)(F)F)cc2)nc1. The molecule has 0 atom stereocenters. The van der Waals surface area contributed by atoms with Gasteiger partial charge in [0.2, 0.25) is 5.91 Å². The zero-order valence-corrected chi connectivity index (χ0v) is 12.6. The predicted molar refractivity (Wildman–Crippen MR) is 82.4 cm³/mol. The van der Waals surface area contributed by atoms with Gasteiger partial charge in [0.05, 0.1) is 17.4 Å². The summed E-state index contributed by atoms with van der Waals surface area (Å²) in [7, 11) is 0. The van der Waals surface area contributed by atoms with Gasteiger partial charge in [0, 0.05) is 11.6 Å². The lowest BCUT2D eigenvalue weighted by molar-refractivity contribution is -0.137. The summed E-state index contributed by atoms with van der Waals surface area (Å²) in [5.74, 6) is 0.211. The lowest BCUT2D eigenvalue weighted by atomic mass is 10.2. The van der Waals surface area contributed by atoms with Gasteiger partial charge >= 0.3 is 6.18 Å². The van der Waals surface area contributed by atoms with E-state index in [1.807, 2.05) is 0 Å². The number of carbonyl (C=O) groups is 1. The van der Waals surface area contributed by atoms with Crippen LogP contribution in [0.25, 0.3) is 0 Å². The minimum absolute atomic E-state index is 0.116. The number of hydrogen-bond donors (Lipinski definition) is 2. The van der Waals surface area contributed by atoms with E-state index in [9.17, 15) is 18.0 Å². The Bertz CT molecular complexity index is 664. The summed E-state index contributed by atoms with van der Waals surface area (Å²) in [6.45, 7) is 3.56. The first kappa shape index (κ1) is 16.8. The van der Waals surface area contributed by atoms with Crippen molar-refractivity contribution in [3.05, 3.63) is 48.2 Å². The van der Waals surface area contributed by atoms with Crippen molar-refractivity contribution in [3.63, 3.8) is 0 Å². The van der Waals surface area contributed by atoms with Crippen LogP contribution >= 0.6 is 0 Å². The summed E-state index contributed by atoms with van der Waals surface area (Å²) in [4.78, 5) is 15.7. The Morgan fingerprint density at radius 3 is 2.13 bits per heavy atom. The summed E-state index contributed by atoms with van der Waals surface area (Å²) in [6, 6.07) is 7.96. The van der Waals surface area contributed by atoms with Crippen LogP contribution in [0.4, 0.5) is 30.4 Å². The smallest absolute Gasteiger partial charge is 0.340 e. The number of alkyl halides is 3. The third-order valence-corrected chi connectivity index (χ3v) is 3.04. The quantitative estimate of drug-likeness (QED) is 0.874. The van der Waals surface area contributed by atoms with E-state index in [0.29, 0.717) is 17.2 Å². The predicted octanol–water partition coefficient (Wildman–Crippen LogP) is 4.44. The molecule has 1 aromatic heterocycles. The molecular weight excluding hydrogens is 307 g/mol. The molecular formula is C16H16F3N3O. The third kappa shape index (κ3) is 4.70. The van der Waals surface area contributed by atoms with Crippen LogP contribution in [0, 0.1) is 5.92 Å². The molecule has 7 heteroatoms. The van der Waals surface area contributed by atoms with E-state index in [-0.39, 0.29) is 11.8 Å². The maximum atomic E-state index is 12.5. The molecule has 2 N–H and O–H groups in total. The number of amides is 1. The Morgan fingerprint density at radius 1 is 1.04 bits per heavy atom. The van der Waals surface area contributed by atoms with Crippen molar-refractivity contribution in [2.75, 3.05) is 10.6 Å². The number of nitrogens with one attached hydrogen (secondary N) is 2. The normalized spacial score (nSPS) is 11.4. The summed E-state index contributed by atoms with van der Waals surface area (Å²) >= 11 is 0. The van der Waals surface area contributed by atoms with E-state index in [1.165, 1.54) is 18.3 Å². The van der Waals surface area contributed by atoms with Crippen molar-refractivity contribution in [1.29, 1.82) is 0 Å². The van der Waals surface area contributed by atoms with Gasteiger partial charge in [0.25, 0.3) is 0 Å². The Labute approximate surface area is 131 Å². The minimum atomic E-state index is -4.35. The zero-order valence-electron chi connectivity index (χ0n) is 12.6. The molecule has 0 aliphatic rings. The highest BCUT2D eigenvalue weighted by Crippen LogP contribution is 2.30. The molecule has 0 saturated carbocycles. The van der Waals surface area contributed by atoms with Gasteiger partial charge in [0.15, 0.2) is 0 Å². The highest BCUT2D eigenvalue weighted by molar-refractivity contribution is 5.91. The molecule has 23 heavy (non-hydrogen) atoms. The van der Waals surface area contributed by atoms with E-state index in [0.717, 1.165) is 12.1 Å². The van der Waals surface area contributed by atoms with Crippen molar-refractivity contribution >= 4 is 23.1 Å². The maximum Gasteiger partial charge on any atom is 0.416 e. The molecule has 1 amide bonds. The average Bonchev–Trinajstić information content (AvgIpc) is 2.49. The summed E-state index contributed by atoms with van der Waals surface area (Å²) in [5, 5.41) is 5.60. The highest BCUT2D eigenvalue weighted by atomic mass is 19.4. The number of pyridine rings is 1. The summed E-state index contributed by atoms with van der Waals surface area (Å²) < 4.78 is 37.5. The maximum absolute atomic E-state index is 12.5. The van der Waals surface area contributed by atoms with E-state index in [1.54, 1.807) is 26.0 Å². The van der Waals surface area contributed by atoms with Gasteiger partial charge in [-0.3, -0.25) is 4.79 Å². The molecule has 0 aliphatic heterocycles.